The monoisotopic (exact) mass is 381 g/mol. The lowest BCUT2D eigenvalue weighted by Crippen LogP contribution is -2.57. The van der Waals surface area contributed by atoms with Gasteiger partial charge in [-0.1, -0.05) is 0 Å². The van der Waals surface area contributed by atoms with Gasteiger partial charge in [-0.15, -0.1) is 0 Å². The Morgan fingerprint density at radius 2 is 1.96 bits per heavy atom. The highest BCUT2D eigenvalue weighted by Gasteiger charge is 2.46. The molecule has 6 N–H and O–H groups in total. The van der Waals surface area contributed by atoms with E-state index in [4.69, 9.17) is 19.6 Å². The molecule has 1 aromatic heterocycles. The first-order valence-corrected chi connectivity index (χ1v) is 8.14. The summed E-state index contributed by atoms with van der Waals surface area (Å²) >= 11 is 0. The maximum atomic E-state index is 11.3. The van der Waals surface area contributed by atoms with Crippen molar-refractivity contribution in [2.75, 3.05) is 6.61 Å². The zero-order valence-electron chi connectivity index (χ0n) is 14.0. The molecule has 1 saturated heterocycles. The van der Waals surface area contributed by atoms with E-state index in [2.05, 4.69) is 0 Å². The molecule has 3 rings (SSSR count). The van der Waals surface area contributed by atoms with Crippen molar-refractivity contribution in [3.05, 3.63) is 34.7 Å². The van der Waals surface area contributed by atoms with E-state index >= 15 is 0 Å². The summed E-state index contributed by atoms with van der Waals surface area (Å²) in [6.45, 7) is -0.601. The molecule has 1 fully saturated rings. The van der Waals surface area contributed by atoms with Gasteiger partial charge >= 0.3 is 5.63 Å². The second kappa shape index (κ2) is 7.53. The van der Waals surface area contributed by atoms with Crippen LogP contribution in [0.5, 0.6) is 11.5 Å². The molecule has 0 spiro atoms. The molecular weight excluding hydrogens is 362 g/mol. The van der Waals surface area contributed by atoms with Crippen LogP contribution >= 0.6 is 0 Å². The number of aliphatic hydroxyl groups excluding tert-OH is 3. The van der Waals surface area contributed by atoms with Gasteiger partial charge in [0.1, 0.15) is 17.8 Å². The van der Waals surface area contributed by atoms with E-state index < -0.39 is 48.7 Å². The number of carbonyl (C=O) groups excluding carboxylic acids is 1. The van der Waals surface area contributed by atoms with Gasteiger partial charge in [0, 0.05) is 23.9 Å². The number of aromatic hydroxyl groups is 1. The van der Waals surface area contributed by atoms with Crippen molar-refractivity contribution in [3.8, 4) is 11.5 Å². The number of primary amides is 1. The van der Waals surface area contributed by atoms with E-state index in [9.17, 15) is 30.0 Å². The van der Waals surface area contributed by atoms with Gasteiger partial charge in [0.05, 0.1) is 18.6 Å². The normalized spacial score (nSPS) is 28.2. The number of aliphatic hydroxyl groups is 3. The summed E-state index contributed by atoms with van der Waals surface area (Å²) in [4.78, 5) is 22.6. The van der Waals surface area contributed by atoms with Crippen molar-refractivity contribution in [3.63, 3.8) is 0 Å². The summed E-state index contributed by atoms with van der Waals surface area (Å²) in [6.07, 6.45) is -5.70. The predicted octanol–water partition coefficient (Wildman–Crippen LogP) is -1.19. The van der Waals surface area contributed by atoms with Crippen molar-refractivity contribution < 1.29 is 39.1 Å². The number of ether oxygens (including phenoxy) is 2. The summed E-state index contributed by atoms with van der Waals surface area (Å²) in [5.41, 5.74) is 4.73. The molecule has 27 heavy (non-hydrogen) atoms. The Bertz CT molecular complexity index is 896. The highest BCUT2D eigenvalue weighted by molar-refractivity contribution is 5.80. The van der Waals surface area contributed by atoms with Gasteiger partial charge < -0.3 is 40.1 Å². The van der Waals surface area contributed by atoms with E-state index in [0.29, 0.717) is 5.39 Å². The third kappa shape index (κ3) is 3.88. The Hall–Kier alpha value is -2.66. The number of carbonyl (C=O) groups is 1. The SMILES string of the molecule is NC(=O)C[C@@H]1[C@H](Oc2cc3ccc(=O)oc3cc2O)O[C@H](CO)[C@@H](O)[C@@H]1O. The fraction of sp³-hybridized carbons (Fsp3) is 0.412. The lowest BCUT2D eigenvalue weighted by molar-refractivity contribution is -0.260. The summed E-state index contributed by atoms with van der Waals surface area (Å²) in [7, 11) is 0. The molecule has 0 aliphatic carbocycles. The van der Waals surface area contributed by atoms with E-state index in [1.54, 1.807) is 0 Å². The van der Waals surface area contributed by atoms with E-state index in [0.717, 1.165) is 0 Å². The molecule has 1 amide bonds. The second-order valence-electron chi connectivity index (χ2n) is 6.27. The van der Waals surface area contributed by atoms with Gasteiger partial charge in [0.15, 0.2) is 11.5 Å². The first kappa shape index (κ1) is 19.1. The maximum Gasteiger partial charge on any atom is 0.336 e. The first-order chi connectivity index (χ1) is 12.8. The molecular formula is C17H19NO9. The Morgan fingerprint density at radius 1 is 1.22 bits per heavy atom. The number of rotatable bonds is 5. The number of fused-ring (bicyclic) bond motifs is 1. The molecule has 0 unspecified atom stereocenters. The molecule has 0 saturated carbocycles. The Kier molecular flexibility index (Phi) is 5.33. The fourth-order valence-electron chi connectivity index (χ4n) is 3.01. The highest BCUT2D eigenvalue weighted by Crippen LogP contribution is 2.36. The number of phenolic OH excluding ortho intramolecular Hbond substituents is 1. The number of amides is 1. The molecule has 0 bridgehead atoms. The van der Waals surface area contributed by atoms with Gasteiger partial charge in [-0.25, -0.2) is 4.79 Å². The third-order valence-corrected chi connectivity index (χ3v) is 4.39. The van der Waals surface area contributed by atoms with Crippen LogP contribution in [0.1, 0.15) is 6.42 Å². The molecule has 10 nitrogen and oxygen atoms in total. The highest BCUT2D eigenvalue weighted by atomic mass is 16.7. The Balaban J connectivity index is 1.94. The minimum absolute atomic E-state index is 0.0731. The van der Waals surface area contributed by atoms with Gasteiger partial charge in [0.25, 0.3) is 0 Å². The second-order valence-corrected chi connectivity index (χ2v) is 6.27. The Morgan fingerprint density at radius 3 is 2.63 bits per heavy atom. The topological polar surface area (TPSA) is 173 Å². The smallest absolute Gasteiger partial charge is 0.336 e. The van der Waals surface area contributed by atoms with Crippen LogP contribution in [0.3, 0.4) is 0 Å². The predicted molar refractivity (Wildman–Crippen MR) is 89.8 cm³/mol. The summed E-state index contributed by atoms with van der Waals surface area (Å²) in [5.74, 6) is -2.24. The largest absolute Gasteiger partial charge is 0.504 e. The minimum Gasteiger partial charge on any atom is -0.504 e. The fourth-order valence-corrected chi connectivity index (χ4v) is 3.01. The summed E-state index contributed by atoms with van der Waals surface area (Å²) in [5, 5.41) is 40.2. The Labute approximate surface area is 152 Å². The van der Waals surface area contributed by atoms with Gasteiger partial charge in [-0.3, -0.25) is 4.79 Å². The molecule has 0 radical (unpaired) electrons. The van der Waals surface area contributed by atoms with Crippen LogP contribution in [0.2, 0.25) is 0 Å². The van der Waals surface area contributed by atoms with Crippen molar-refractivity contribution in [1.82, 2.24) is 0 Å². The van der Waals surface area contributed by atoms with E-state index in [-0.39, 0.29) is 23.5 Å². The van der Waals surface area contributed by atoms with Crippen LogP contribution in [0.25, 0.3) is 11.0 Å². The molecule has 5 atom stereocenters. The number of hydrogen-bond acceptors (Lipinski definition) is 9. The van der Waals surface area contributed by atoms with Gasteiger partial charge in [0.2, 0.25) is 12.2 Å². The van der Waals surface area contributed by atoms with Gasteiger partial charge in [-0.2, -0.15) is 0 Å². The van der Waals surface area contributed by atoms with Crippen LogP contribution in [0, 0.1) is 5.92 Å². The molecule has 1 aliphatic rings. The molecule has 146 valence electrons. The first-order valence-electron chi connectivity index (χ1n) is 8.14. The quantitative estimate of drug-likeness (QED) is 0.399. The molecule has 10 heteroatoms. The molecule has 2 aromatic rings. The number of phenols is 1. The zero-order chi connectivity index (χ0) is 19.7. The summed E-state index contributed by atoms with van der Waals surface area (Å²) < 4.78 is 16.0. The van der Waals surface area contributed by atoms with E-state index in [1.165, 1.54) is 24.3 Å². The maximum absolute atomic E-state index is 11.3. The van der Waals surface area contributed by atoms with Crippen LogP contribution < -0.4 is 16.1 Å². The van der Waals surface area contributed by atoms with Crippen LogP contribution in [0.4, 0.5) is 0 Å². The molecule has 1 aromatic carbocycles. The lowest BCUT2D eigenvalue weighted by atomic mass is 9.88. The van der Waals surface area contributed by atoms with Gasteiger partial charge in [-0.05, 0) is 12.1 Å². The molecule has 2 heterocycles. The van der Waals surface area contributed by atoms with Crippen molar-refractivity contribution in [2.45, 2.75) is 31.0 Å². The average molecular weight is 381 g/mol. The van der Waals surface area contributed by atoms with Crippen LogP contribution in [0.15, 0.2) is 33.5 Å². The molecule has 1 aliphatic heterocycles. The van der Waals surface area contributed by atoms with Crippen molar-refractivity contribution >= 4 is 16.9 Å². The standard InChI is InChI=1S/C17H19NO9/c18-13(21)4-8-15(23)16(24)12(6-19)27-17(8)26-11-3-7-1-2-14(22)25-10(7)5-9(11)20/h1-3,5,8,12,15-17,19-20,23-24H,4,6H2,(H2,18,21)/t8-,12+,15+,16+,17+/m0/s1. The van der Waals surface area contributed by atoms with Crippen LogP contribution in [-0.2, 0) is 9.53 Å². The average Bonchev–Trinajstić information content (AvgIpc) is 2.61. The van der Waals surface area contributed by atoms with Crippen LogP contribution in [-0.4, -0.2) is 57.5 Å². The number of nitrogens with two attached hydrogens (primary N) is 1. The number of hydrogen-bond donors (Lipinski definition) is 5. The lowest BCUT2D eigenvalue weighted by Gasteiger charge is -2.41. The summed E-state index contributed by atoms with van der Waals surface area (Å²) in [6, 6.07) is 5.21. The van der Waals surface area contributed by atoms with Crippen molar-refractivity contribution in [1.29, 1.82) is 0 Å². The third-order valence-electron chi connectivity index (χ3n) is 4.39. The van der Waals surface area contributed by atoms with Crippen molar-refractivity contribution in [2.24, 2.45) is 11.7 Å². The minimum atomic E-state index is -1.45. The number of benzene rings is 1. The zero-order valence-corrected chi connectivity index (χ0v) is 14.0. The van der Waals surface area contributed by atoms with E-state index in [1.807, 2.05) is 0 Å².